The maximum absolute atomic E-state index is 9.77. The molecule has 0 bridgehead atoms. The van der Waals surface area contributed by atoms with Crippen molar-refractivity contribution in [2.24, 2.45) is 16.5 Å². The Morgan fingerprint density at radius 2 is 1.18 bits per heavy atom. The lowest BCUT2D eigenvalue weighted by molar-refractivity contribution is -0.165. The molecule has 0 aromatic carbocycles. The van der Waals surface area contributed by atoms with E-state index in [-0.39, 0.29) is 0 Å². The normalized spacial score (nSPS) is 12.4. The van der Waals surface area contributed by atoms with E-state index in [0.717, 1.165) is 0 Å². The fraction of sp³-hybridized carbons (Fsp3) is 0.333. The number of rotatable bonds is 3. The summed E-state index contributed by atoms with van der Waals surface area (Å²) in [5, 5.41) is 40.3. The quantitative estimate of drug-likeness (QED) is 0.197. The van der Waals surface area contributed by atoms with Gasteiger partial charge < -0.3 is 37.0 Å². The van der Waals surface area contributed by atoms with E-state index in [1.165, 1.54) is 0 Å². The monoisotopic (exact) mass is 253 g/mol. The van der Waals surface area contributed by atoms with Crippen LogP contribution in [0.2, 0.25) is 0 Å². The van der Waals surface area contributed by atoms with Gasteiger partial charge in [0.15, 0.2) is 18.2 Å². The molecule has 0 aliphatic rings. The number of aliphatic hydroxyl groups is 2. The Labute approximate surface area is 93.6 Å². The number of aliphatic carboxylic acids is 2. The van der Waals surface area contributed by atoms with Gasteiger partial charge in [-0.3, -0.25) is 0 Å². The molecule has 11 heteroatoms. The minimum Gasteiger partial charge on any atom is -0.479 e. The second-order valence-electron chi connectivity index (χ2n) is 2.39. The molecule has 0 spiro atoms. The van der Waals surface area contributed by atoms with Gasteiger partial charge in [0.25, 0.3) is 0 Å². The number of amides is 1. The molecule has 17 heavy (non-hydrogen) atoms. The number of hydrogen-bond donors (Lipinski definition) is 7. The lowest BCUT2D eigenvalue weighted by Gasteiger charge is -2.07. The van der Waals surface area contributed by atoms with Crippen LogP contribution < -0.4 is 11.5 Å². The molecule has 11 nitrogen and oxygen atoms in total. The fourth-order valence-corrected chi connectivity index (χ4v) is 0.381. The van der Waals surface area contributed by atoms with Gasteiger partial charge in [0.05, 0.1) is 0 Å². The Bertz CT molecular complexity index is 305. The van der Waals surface area contributed by atoms with Crippen LogP contribution in [0.15, 0.2) is 4.99 Å². The summed E-state index contributed by atoms with van der Waals surface area (Å²) >= 11 is 0. The molecule has 9 N–H and O–H groups in total. The van der Waals surface area contributed by atoms with Crippen molar-refractivity contribution >= 4 is 24.0 Å². The van der Waals surface area contributed by atoms with Gasteiger partial charge in [0, 0.05) is 0 Å². The number of carboxylic acid groups (broad SMARTS) is 3. The molecule has 0 saturated carbocycles. The van der Waals surface area contributed by atoms with E-state index in [9.17, 15) is 14.4 Å². The SMILES string of the molecule is NC(N)=NC(=O)O.O=C(O)[C@H](O)[C@@H](O)C(=O)O. The third kappa shape index (κ3) is 9.89. The van der Waals surface area contributed by atoms with Crippen molar-refractivity contribution in [1.82, 2.24) is 0 Å². The molecule has 0 aromatic rings. The minimum absolute atomic E-state index is 0.437. The highest BCUT2D eigenvalue weighted by Gasteiger charge is 2.29. The van der Waals surface area contributed by atoms with Crippen LogP contribution in [0.5, 0.6) is 0 Å². The first-order valence-corrected chi connectivity index (χ1v) is 3.73. The molecule has 0 aliphatic heterocycles. The fourth-order valence-electron chi connectivity index (χ4n) is 0.381. The van der Waals surface area contributed by atoms with Crippen LogP contribution >= 0.6 is 0 Å². The number of aliphatic imine (C=N–C) groups is 1. The summed E-state index contributed by atoms with van der Waals surface area (Å²) < 4.78 is 0. The predicted octanol–water partition coefficient (Wildman–Crippen LogP) is -3.18. The molecule has 0 radical (unpaired) electrons. The van der Waals surface area contributed by atoms with Gasteiger partial charge in [-0.1, -0.05) is 0 Å². The van der Waals surface area contributed by atoms with Crippen LogP contribution in [-0.2, 0) is 9.59 Å². The number of hydrogen-bond acceptors (Lipinski definition) is 5. The smallest absolute Gasteiger partial charge is 0.434 e. The Morgan fingerprint density at radius 1 is 0.882 bits per heavy atom. The highest BCUT2D eigenvalue weighted by Crippen LogP contribution is 1.92. The maximum Gasteiger partial charge on any atom is 0.434 e. The summed E-state index contributed by atoms with van der Waals surface area (Å²) in [6.45, 7) is 0. The summed E-state index contributed by atoms with van der Waals surface area (Å²) in [6, 6.07) is 0. The van der Waals surface area contributed by atoms with E-state index in [4.69, 9.17) is 25.5 Å². The van der Waals surface area contributed by atoms with Crippen molar-refractivity contribution in [2.45, 2.75) is 12.2 Å². The van der Waals surface area contributed by atoms with Gasteiger partial charge in [-0.2, -0.15) is 0 Å². The second-order valence-corrected chi connectivity index (χ2v) is 2.39. The number of guanidine groups is 1. The van der Waals surface area contributed by atoms with Crippen LogP contribution in [0.1, 0.15) is 0 Å². The van der Waals surface area contributed by atoms with Crippen molar-refractivity contribution in [3.05, 3.63) is 0 Å². The van der Waals surface area contributed by atoms with Crippen molar-refractivity contribution in [3.8, 4) is 0 Å². The van der Waals surface area contributed by atoms with E-state index >= 15 is 0 Å². The van der Waals surface area contributed by atoms with Crippen LogP contribution in [0.3, 0.4) is 0 Å². The lowest BCUT2D eigenvalue weighted by atomic mass is 10.2. The molecule has 0 saturated heterocycles. The predicted molar refractivity (Wildman–Crippen MR) is 51.1 cm³/mol. The first kappa shape index (κ1) is 17.0. The van der Waals surface area contributed by atoms with Crippen LogP contribution in [0.25, 0.3) is 0 Å². The molecule has 0 fully saturated rings. The van der Waals surface area contributed by atoms with Gasteiger partial charge in [0.1, 0.15) is 0 Å². The van der Waals surface area contributed by atoms with Crippen LogP contribution in [0, 0.1) is 0 Å². The standard InChI is InChI=1S/C4H6O6.C2H5N3O2/c5-1(3(7)8)2(6)4(9)10;3-1(4)5-2(6)7/h1-2,5-6H,(H,7,8)(H,9,10);(H,6,7)(H4,3,4,5)/t1-,2-;/m1./s1. The Hall–Kier alpha value is -2.40. The van der Waals surface area contributed by atoms with Gasteiger partial charge in [-0.05, 0) is 0 Å². The summed E-state index contributed by atoms with van der Waals surface area (Å²) in [6.07, 6.45) is -5.91. The number of nitrogens with two attached hydrogens (primary N) is 2. The maximum atomic E-state index is 9.77. The third-order valence-corrected chi connectivity index (χ3v) is 1.03. The molecule has 0 heterocycles. The number of nitrogens with zero attached hydrogens (tertiary/aromatic N) is 1. The van der Waals surface area contributed by atoms with E-state index in [0.29, 0.717) is 0 Å². The Balaban J connectivity index is 0. The minimum atomic E-state index is -2.27. The molecule has 0 aliphatic carbocycles. The summed E-state index contributed by atoms with van der Waals surface area (Å²) in [5.74, 6) is -3.97. The van der Waals surface area contributed by atoms with Crippen LogP contribution in [-0.4, -0.2) is 61.7 Å². The van der Waals surface area contributed by atoms with E-state index < -0.39 is 36.2 Å². The molecule has 0 aromatic heterocycles. The zero-order chi connectivity index (χ0) is 14.2. The average molecular weight is 253 g/mol. The Kier molecular flexibility index (Phi) is 7.84. The first-order chi connectivity index (χ1) is 7.59. The van der Waals surface area contributed by atoms with Gasteiger partial charge in [-0.15, -0.1) is 4.99 Å². The zero-order valence-electron chi connectivity index (χ0n) is 8.22. The number of carbonyl (C=O) groups is 3. The molecule has 1 amide bonds. The van der Waals surface area contributed by atoms with E-state index in [1.807, 2.05) is 0 Å². The summed E-state index contributed by atoms with van der Waals surface area (Å²) in [4.78, 5) is 31.7. The molecular weight excluding hydrogens is 242 g/mol. The zero-order valence-corrected chi connectivity index (χ0v) is 8.22. The number of carboxylic acids is 2. The number of aliphatic hydroxyl groups excluding tert-OH is 2. The first-order valence-electron chi connectivity index (χ1n) is 3.73. The summed E-state index contributed by atoms with van der Waals surface area (Å²) in [7, 11) is 0. The summed E-state index contributed by atoms with van der Waals surface area (Å²) in [5.41, 5.74) is 9.28. The third-order valence-electron chi connectivity index (χ3n) is 1.03. The topological polar surface area (TPSA) is 217 Å². The Morgan fingerprint density at radius 3 is 1.24 bits per heavy atom. The van der Waals surface area contributed by atoms with E-state index in [2.05, 4.69) is 16.5 Å². The average Bonchev–Trinajstić information content (AvgIpc) is 2.13. The highest BCUT2D eigenvalue weighted by atomic mass is 16.4. The van der Waals surface area contributed by atoms with Crippen molar-refractivity contribution in [2.75, 3.05) is 0 Å². The van der Waals surface area contributed by atoms with Crippen molar-refractivity contribution < 1.29 is 39.9 Å². The van der Waals surface area contributed by atoms with E-state index in [1.54, 1.807) is 0 Å². The van der Waals surface area contributed by atoms with Gasteiger partial charge >= 0.3 is 18.0 Å². The molecule has 2 atom stereocenters. The lowest BCUT2D eigenvalue weighted by Crippen LogP contribution is -2.39. The highest BCUT2D eigenvalue weighted by molar-refractivity contribution is 5.87. The molecule has 98 valence electrons. The molecule has 0 rings (SSSR count). The van der Waals surface area contributed by atoms with Crippen molar-refractivity contribution in [1.29, 1.82) is 0 Å². The second kappa shape index (κ2) is 7.84. The molecule has 0 unspecified atom stereocenters. The largest absolute Gasteiger partial charge is 0.479 e. The van der Waals surface area contributed by atoms with Gasteiger partial charge in [-0.25, -0.2) is 14.4 Å². The molecular formula is C6H11N3O8. The van der Waals surface area contributed by atoms with Crippen LogP contribution in [0.4, 0.5) is 4.79 Å². The van der Waals surface area contributed by atoms with Crippen molar-refractivity contribution in [3.63, 3.8) is 0 Å². The van der Waals surface area contributed by atoms with Gasteiger partial charge in [0.2, 0.25) is 0 Å².